The van der Waals surface area contributed by atoms with Gasteiger partial charge in [-0.25, -0.2) is 19.9 Å². The largest absolute Gasteiger partial charge is 0.480 e. The topological polar surface area (TPSA) is 104 Å². The van der Waals surface area contributed by atoms with E-state index in [1.807, 2.05) is 37.8 Å². The van der Waals surface area contributed by atoms with Crippen LogP contribution in [-0.2, 0) is 4.79 Å². The molecule has 0 radical (unpaired) electrons. The van der Waals surface area contributed by atoms with Crippen molar-refractivity contribution in [3.8, 4) is 0 Å². The second-order valence-corrected chi connectivity index (χ2v) is 6.79. The summed E-state index contributed by atoms with van der Waals surface area (Å²) in [7, 11) is 0. The Hall–Kier alpha value is -2.61. The summed E-state index contributed by atoms with van der Waals surface area (Å²) in [5.74, 6) is 1.25. The van der Waals surface area contributed by atoms with E-state index in [2.05, 4.69) is 25.3 Å². The van der Waals surface area contributed by atoms with Gasteiger partial charge in [-0.3, -0.25) is 9.69 Å². The highest BCUT2D eigenvalue weighted by Gasteiger charge is 2.24. The fourth-order valence-corrected chi connectivity index (χ4v) is 3.39. The number of rotatable bonds is 5. The number of anilines is 2. The highest BCUT2D eigenvalue weighted by molar-refractivity contribution is 5.69. The van der Waals surface area contributed by atoms with Crippen LogP contribution in [0.4, 0.5) is 11.8 Å². The van der Waals surface area contributed by atoms with Crippen LogP contribution in [0.15, 0.2) is 12.1 Å². The van der Waals surface area contributed by atoms with Gasteiger partial charge in [0.2, 0.25) is 5.95 Å². The fourth-order valence-electron chi connectivity index (χ4n) is 3.39. The molecule has 3 heterocycles. The number of carboxylic acid groups (broad SMARTS) is 1. The SMILES string of the molecule is Cc1cc(C)nc(Nc2cc([C@@H]3CCCN(CC(=O)O)C3)nc(C)n2)n1. The number of hydrogen-bond donors (Lipinski definition) is 2. The minimum Gasteiger partial charge on any atom is -0.480 e. The Labute approximate surface area is 152 Å². The first-order chi connectivity index (χ1) is 12.4. The molecule has 1 fully saturated rings. The maximum Gasteiger partial charge on any atom is 0.317 e. The molecule has 1 saturated heterocycles. The molecular weight excluding hydrogens is 332 g/mol. The molecule has 8 nitrogen and oxygen atoms in total. The van der Waals surface area contributed by atoms with E-state index in [1.54, 1.807) is 0 Å². The predicted octanol–water partition coefficient (Wildman–Crippen LogP) is 2.20. The van der Waals surface area contributed by atoms with Crippen molar-refractivity contribution in [3.05, 3.63) is 35.0 Å². The van der Waals surface area contributed by atoms with E-state index >= 15 is 0 Å². The second-order valence-electron chi connectivity index (χ2n) is 6.79. The molecule has 0 bridgehead atoms. The van der Waals surface area contributed by atoms with Crippen LogP contribution in [0.3, 0.4) is 0 Å². The standard InChI is InChI=1S/C18H24N6O2/c1-11-7-12(2)20-18(19-11)23-16-8-15(21-13(3)22-16)14-5-4-6-24(9-14)10-17(25)26/h7-8,14H,4-6,9-10H2,1-3H3,(H,25,26)(H,19,20,21,22,23)/t14-/m1/s1. The number of aromatic nitrogens is 4. The van der Waals surface area contributed by atoms with Crippen LogP contribution in [0.25, 0.3) is 0 Å². The molecule has 0 amide bonds. The van der Waals surface area contributed by atoms with Crippen molar-refractivity contribution in [1.82, 2.24) is 24.8 Å². The summed E-state index contributed by atoms with van der Waals surface area (Å²) in [5, 5.41) is 12.2. The number of aliphatic carboxylic acids is 1. The van der Waals surface area contributed by atoms with Crippen LogP contribution in [0.2, 0.25) is 0 Å². The first-order valence-corrected chi connectivity index (χ1v) is 8.78. The molecule has 0 saturated carbocycles. The van der Waals surface area contributed by atoms with E-state index in [1.165, 1.54) is 0 Å². The summed E-state index contributed by atoms with van der Waals surface area (Å²) in [6.07, 6.45) is 1.95. The summed E-state index contributed by atoms with van der Waals surface area (Å²) < 4.78 is 0. The number of aryl methyl sites for hydroxylation is 3. The Kier molecular flexibility index (Phi) is 5.41. The molecule has 3 rings (SSSR count). The third-order valence-electron chi connectivity index (χ3n) is 4.36. The molecule has 1 atom stereocenters. The third kappa shape index (κ3) is 4.72. The molecule has 2 N–H and O–H groups in total. The summed E-state index contributed by atoms with van der Waals surface area (Å²) in [4.78, 5) is 30.8. The van der Waals surface area contributed by atoms with Gasteiger partial charge in [0, 0.05) is 29.9 Å². The summed E-state index contributed by atoms with van der Waals surface area (Å²) >= 11 is 0. The lowest BCUT2D eigenvalue weighted by atomic mass is 9.94. The monoisotopic (exact) mass is 356 g/mol. The van der Waals surface area contributed by atoms with Gasteiger partial charge in [-0.15, -0.1) is 0 Å². The van der Waals surface area contributed by atoms with Crippen molar-refractivity contribution in [1.29, 1.82) is 0 Å². The molecule has 8 heteroatoms. The Morgan fingerprint density at radius 1 is 1.19 bits per heavy atom. The van der Waals surface area contributed by atoms with Gasteiger partial charge in [0.15, 0.2) is 0 Å². The lowest BCUT2D eigenvalue weighted by Crippen LogP contribution is -2.38. The number of nitrogens with zero attached hydrogens (tertiary/aromatic N) is 5. The van der Waals surface area contributed by atoms with Crippen LogP contribution in [0, 0.1) is 20.8 Å². The number of piperidine rings is 1. The first kappa shape index (κ1) is 18.2. The zero-order valence-electron chi connectivity index (χ0n) is 15.4. The van der Waals surface area contributed by atoms with Crippen molar-refractivity contribution >= 4 is 17.7 Å². The Morgan fingerprint density at radius 2 is 1.92 bits per heavy atom. The van der Waals surface area contributed by atoms with Crippen molar-refractivity contribution in [2.75, 3.05) is 25.0 Å². The van der Waals surface area contributed by atoms with E-state index < -0.39 is 5.97 Å². The van der Waals surface area contributed by atoms with E-state index in [4.69, 9.17) is 5.11 Å². The van der Waals surface area contributed by atoms with Gasteiger partial charge >= 0.3 is 5.97 Å². The average molecular weight is 356 g/mol. The number of likely N-dealkylation sites (tertiary alicyclic amines) is 1. The fraction of sp³-hybridized carbons (Fsp3) is 0.500. The molecule has 26 heavy (non-hydrogen) atoms. The molecule has 138 valence electrons. The summed E-state index contributed by atoms with van der Waals surface area (Å²) in [5.41, 5.74) is 2.71. The van der Waals surface area contributed by atoms with Crippen molar-refractivity contribution in [2.24, 2.45) is 0 Å². The van der Waals surface area contributed by atoms with E-state index in [-0.39, 0.29) is 12.5 Å². The molecule has 1 aliphatic rings. The Morgan fingerprint density at radius 3 is 2.62 bits per heavy atom. The molecule has 0 aliphatic carbocycles. The number of nitrogens with one attached hydrogen (secondary N) is 1. The van der Waals surface area contributed by atoms with E-state index in [0.717, 1.165) is 36.5 Å². The van der Waals surface area contributed by atoms with Gasteiger partial charge in [-0.2, -0.15) is 0 Å². The van der Waals surface area contributed by atoms with Crippen molar-refractivity contribution < 1.29 is 9.90 Å². The summed E-state index contributed by atoms with van der Waals surface area (Å²) in [6.45, 7) is 7.29. The normalized spacial score (nSPS) is 17.9. The van der Waals surface area contributed by atoms with E-state index in [0.29, 0.717) is 24.1 Å². The van der Waals surface area contributed by atoms with Gasteiger partial charge in [0.05, 0.1) is 12.2 Å². The van der Waals surface area contributed by atoms with Gasteiger partial charge < -0.3 is 10.4 Å². The summed E-state index contributed by atoms with van der Waals surface area (Å²) in [6, 6.07) is 3.84. The average Bonchev–Trinajstić information content (AvgIpc) is 2.53. The minimum absolute atomic E-state index is 0.0715. The number of carbonyl (C=O) groups is 1. The second kappa shape index (κ2) is 7.74. The molecule has 2 aromatic heterocycles. The molecular formula is C18H24N6O2. The van der Waals surface area contributed by atoms with Gasteiger partial charge in [0.1, 0.15) is 11.6 Å². The maximum absolute atomic E-state index is 11.0. The highest BCUT2D eigenvalue weighted by Crippen LogP contribution is 2.27. The van der Waals surface area contributed by atoms with Crippen LogP contribution in [0.1, 0.15) is 41.7 Å². The van der Waals surface area contributed by atoms with Crippen molar-refractivity contribution in [2.45, 2.75) is 39.5 Å². The smallest absolute Gasteiger partial charge is 0.317 e. The number of hydrogen-bond acceptors (Lipinski definition) is 7. The minimum atomic E-state index is -0.793. The first-order valence-electron chi connectivity index (χ1n) is 8.78. The third-order valence-corrected chi connectivity index (χ3v) is 4.36. The van der Waals surface area contributed by atoms with Crippen LogP contribution in [-0.4, -0.2) is 55.5 Å². The van der Waals surface area contributed by atoms with Crippen LogP contribution >= 0.6 is 0 Å². The Bertz CT molecular complexity index is 790. The molecule has 0 spiro atoms. The number of carboxylic acids is 1. The lowest BCUT2D eigenvalue weighted by molar-refractivity contribution is -0.138. The van der Waals surface area contributed by atoms with Crippen molar-refractivity contribution in [3.63, 3.8) is 0 Å². The quantitative estimate of drug-likeness (QED) is 0.840. The molecule has 0 unspecified atom stereocenters. The van der Waals surface area contributed by atoms with Crippen LogP contribution < -0.4 is 5.32 Å². The highest BCUT2D eigenvalue weighted by atomic mass is 16.4. The van der Waals surface area contributed by atoms with Gasteiger partial charge in [-0.05, 0) is 46.2 Å². The maximum atomic E-state index is 11.0. The van der Waals surface area contributed by atoms with Crippen LogP contribution in [0.5, 0.6) is 0 Å². The van der Waals surface area contributed by atoms with Gasteiger partial charge in [0.25, 0.3) is 0 Å². The molecule has 1 aliphatic heterocycles. The lowest BCUT2D eigenvalue weighted by Gasteiger charge is -2.31. The zero-order valence-corrected chi connectivity index (χ0v) is 15.4. The Balaban J connectivity index is 1.79. The van der Waals surface area contributed by atoms with Gasteiger partial charge in [-0.1, -0.05) is 0 Å². The predicted molar refractivity (Wildman–Crippen MR) is 97.6 cm³/mol. The molecule has 2 aromatic rings. The molecule has 0 aromatic carbocycles. The van der Waals surface area contributed by atoms with E-state index in [9.17, 15) is 4.79 Å². The zero-order chi connectivity index (χ0) is 18.7.